The number of quaternary nitrogens is 1. The van der Waals surface area contributed by atoms with Crippen LogP contribution in [-0.4, -0.2) is 62.0 Å². The molecule has 1 fully saturated rings. The molecule has 26 heavy (non-hydrogen) atoms. The predicted molar refractivity (Wildman–Crippen MR) is 106 cm³/mol. The van der Waals surface area contributed by atoms with E-state index in [4.69, 9.17) is 21.7 Å². The number of thiocarbonyl (C=S) groups is 1. The summed E-state index contributed by atoms with van der Waals surface area (Å²) in [7, 11) is 5.58. The SMILES string of the molecule is COc1ccc(/C=C2\SC(=S)N(CCC(=O)OCC[NH+](C)C)C2=O)cc1. The van der Waals surface area contributed by atoms with Crippen molar-refractivity contribution in [2.75, 3.05) is 40.9 Å². The Labute approximate surface area is 163 Å². The summed E-state index contributed by atoms with van der Waals surface area (Å²) < 4.78 is 10.7. The minimum Gasteiger partial charge on any atom is -0.497 e. The van der Waals surface area contributed by atoms with Crippen LogP contribution >= 0.6 is 24.0 Å². The first-order valence-electron chi connectivity index (χ1n) is 8.25. The van der Waals surface area contributed by atoms with E-state index < -0.39 is 0 Å². The summed E-state index contributed by atoms with van der Waals surface area (Å²) in [6, 6.07) is 7.40. The molecule has 1 saturated heterocycles. The average molecular weight is 396 g/mol. The summed E-state index contributed by atoms with van der Waals surface area (Å²) in [6.07, 6.45) is 1.92. The molecule has 0 radical (unpaired) electrons. The van der Waals surface area contributed by atoms with Gasteiger partial charge in [-0.25, -0.2) is 0 Å². The van der Waals surface area contributed by atoms with Crippen molar-refractivity contribution in [1.82, 2.24) is 4.90 Å². The van der Waals surface area contributed by atoms with Gasteiger partial charge in [0.15, 0.2) is 0 Å². The third-order valence-corrected chi connectivity index (χ3v) is 5.07. The molecule has 1 aliphatic rings. The number of benzene rings is 1. The van der Waals surface area contributed by atoms with Gasteiger partial charge in [0.25, 0.3) is 5.91 Å². The Hall–Kier alpha value is -1.90. The van der Waals surface area contributed by atoms with Crippen LogP contribution in [0.15, 0.2) is 29.2 Å². The first-order chi connectivity index (χ1) is 12.4. The van der Waals surface area contributed by atoms with Gasteiger partial charge in [-0.15, -0.1) is 0 Å². The number of methoxy groups -OCH3 is 1. The Balaban J connectivity index is 1.91. The first kappa shape index (κ1) is 20.4. The molecule has 1 aliphatic heterocycles. The minimum absolute atomic E-state index is 0.130. The van der Waals surface area contributed by atoms with Crippen molar-refractivity contribution >= 4 is 46.3 Å². The second-order valence-electron chi connectivity index (χ2n) is 6.03. The molecule has 0 aromatic heterocycles. The Morgan fingerprint density at radius 2 is 2.00 bits per heavy atom. The normalized spacial score (nSPS) is 15.8. The van der Waals surface area contributed by atoms with Gasteiger partial charge in [-0.05, 0) is 23.8 Å². The fourth-order valence-electron chi connectivity index (χ4n) is 2.19. The average Bonchev–Trinajstić information content (AvgIpc) is 2.87. The lowest BCUT2D eigenvalue weighted by Crippen LogP contribution is -3.06. The van der Waals surface area contributed by atoms with Crippen molar-refractivity contribution in [3.8, 4) is 5.75 Å². The van der Waals surface area contributed by atoms with Gasteiger partial charge in [-0.1, -0.05) is 36.1 Å². The summed E-state index contributed by atoms with van der Waals surface area (Å²) in [5, 5.41) is 0. The zero-order valence-corrected chi connectivity index (χ0v) is 16.7. The highest BCUT2D eigenvalue weighted by molar-refractivity contribution is 8.26. The van der Waals surface area contributed by atoms with E-state index in [2.05, 4.69) is 0 Å². The summed E-state index contributed by atoms with van der Waals surface area (Å²) in [5.41, 5.74) is 0.886. The van der Waals surface area contributed by atoms with Gasteiger partial charge < -0.3 is 14.4 Å². The van der Waals surface area contributed by atoms with E-state index in [1.165, 1.54) is 21.6 Å². The van der Waals surface area contributed by atoms with Gasteiger partial charge in [0.05, 0.1) is 32.5 Å². The number of nitrogens with zero attached hydrogens (tertiary/aromatic N) is 1. The molecule has 0 saturated carbocycles. The standard InChI is InChI=1S/C18H22N2O4S2/c1-19(2)10-11-24-16(21)8-9-20-17(22)15(26-18(20)25)12-13-4-6-14(23-3)7-5-13/h4-7,12H,8-11H2,1-3H3/p+1/b15-12-. The molecule has 1 aromatic rings. The monoisotopic (exact) mass is 395 g/mol. The van der Waals surface area contributed by atoms with E-state index in [0.717, 1.165) is 17.9 Å². The molecule has 1 aromatic carbocycles. The zero-order chi connectivity index (χ0) is 19.1. The molecule has 0 spiro atoms. The largest absolute Gasteiger partial charge is 0.497 e. The van der Waals surface area contributed by atoms with Crippen molar-refractivity contribution in [1.29, 1.82) is 0 Å². The Morgan fingerprint density at radius 3 is 2.62 bits per heavy atom. The maximum atomic E-state index is 12.5. The van der Waals surface area contributed by atoms with Gasteiger partial charge in [0, 0.05) is 6.54 Å². The number of ether oxygens (including phenoxy) is 2. The molecule has 1 N–H and O–H groups in total. The fourth-order valence-corrected chi connectivity index (χ4v) is 3.50. The van der Waals surface area contributed by atoms with Crippen LogP contribution in [0.4, 0.5) is 0 Å². The van der Waals surface area contributed by atoms with Crippen LogP contribution in [0.1, 0.15) is 12.0 Å². The number of likely N-dealkylation sites (N-methyl/N-ethyl adjacent to an activating group) is 1. The molecule has 0 aliphatic carbocycles. The molecule has 0 unspecified atom stereocenters. The molecule has 6 nitrogen and oxygen atoms in total. The first-order valence-corrected chi connectivity index (χ1v) is 9.47. The number of thioether (sulfide) groups is 1. The minimum atomic E-state index is -0.320. The van der Waals surface area contributed by atoms with Gasteiger partial charge in [-0.3, -0.25) is 14.5 Å². The Kier molecular flexibility index (Phi) is 7.62. The third kappa shape index (κ3) is 5.82. The van der Waals surface area contributed by atoms with E-state index in [-0.39, 0.29) is 24.8 Å². The molecule has 0 bridgehead atoms. The number of rotatable bonds is 8. The van der Waals surface area contributed by atoms with Crippen LogP contribution < -0.4 is 9.64 Å². The fraction of sp³-hybridized carbons (Fsp3) is 0.389. The van der Waals surface area contributed by atoms with E-state index in [1.807, 2.05) is 38.4 Å². The lowest BCUT2D eigenvalue weighted by Gasteiger charge is -2.14. The van der Waals surface area contributed by atoms with Crippen LogP contribution in [0.5, 0.6) is 5.75 Å². The van der Waals surface area contributed by atoms with Crippen LogP contribution in [0.2, 0.25) is 0 Å². The topological polar surface area (TPSA) is 60.3 Å². The van der Waals surface area contributed by atoms with Crippen LogP contribution in [0, 0.1) is 0 Å². The van der Waals surface area contributed by atoms with Crippen molar-refractivity contribution in [2.24, 2.45) is 0 Å². The summed E-state index contributed by atoms with van der Waals surface area (Å²) in [4.78, 5) is 27.5. The number of nitrogens with one attached hydrogen (secondary N) is 1. The van der Waals surface area contributed by atoms with Crippen molar-refractivity contribution < 1.29 is 24.0 Å². The highest BCUT2D eigenvalue weighted by Gasteiger charge is 2.32. The molecule has 1 heterocycles. The van der Waals surface area contributed by atoms with Gasteiger partial charge in [0.2, 0.25) is 0 Å². The third-order valence-electron chi connectivity index (χ3n) is 3.69. The van der Waals surface area contributed by atoms with Crippen molar-refractivity contribution in [2.45, 2.75) is 6.42 Å². The van der Waals surface area contributed by atoms with Gasteiger partial charge in [0.1, 0.15) is 23.2 Å². The molecular weight excluding hydrogens is 372 g/mol. The number of hydrogen-bond acceptors (Lipinski definition) is 6. The number of hydrogen-bond donors (Lipinski definition) is 1. The number of carbonyl (C=O) groups excluding carboxylic acids is 2. The predicted octanol–water partition coefficient (Wildman–Crippen LogP) is 0.974. The molecule has 1 amide bonds. The van der Waals surface area contributed by atoms with E-state index >= 15 is 0 Å². The molecule has 140 valence electrons. The lowest BCUT2D eigenvalue weighted by molar-refractivity contribution is -0.858. The van der Waals surface area contributed by atoms with Crippen LogP contribution in [0.25, 0.3) is 6.08 Å². The smallest absolute Gasteiger partial charge is 0.307 e. The summed E-state index contributed by atoms with van der Waals surface area (Å²) >= 11 is 6.52. The van der Waals surface area contributed by atoms with E-state index in [9.17, 15) is 9.59 Å². The maximum Gasteiger partial charge on any atom is 0.307 e. The van der Waals surface area contributed by atoms with E-state index in [0.29, 0.717) is 15.8 Å². The Morgan fingerprint density at radius 1 is 1.31 bits per heavy atom. The van der Waals surface area contributed by atoms with Crippen LogP contribution in [-0.2, 0) is 14.3 Å². The Bertz CT molecular complexity index is 702. The second kappa shape index (κ2) is 9.70. The van der Waals surface area contributed by atoms with Gasteiger partial charge in [-0.2, -0.15) is 0 Å². The zero-order valence-electron chi connectivity index (χ0n) is 15.1. The lowest BCUT2D eigenvalue weighted by atomic mass is 10.2. The number of esters is 1. The quantitative estimate of drug-likeness (QED) is 0.402. The highest BCUT2D eigenvalue weighted by Crippen LogP contribution is 2.32. The highest BCUT2D eigenvalue weighted by atomic mass is 32.2. The maximum absolute atomic E-state index is 12.5. The number of carbonyl (C=O) groups is 2. The van der Waals surface area contributed by atoms with Crippen molar-refractivity contribution in [3.63, 3.8) is 0 Å². The summed E-state index contributed by atoms with van der Waals surface area (Å²) in [6.45, 7) is 1.35. The second-order valence-corrected chi connectivity index (χ2v) is 7.71. The van der Waals surface area contributed by atoms with Crippen molar-refractivity contribution in [3.05, 3.63) is 34.7 Å². The van der Waals surface area contributed by atoms with E-state index in [1.54, 1.807) is 13.2 Å². The molecule has 8 heteroatoms. The molecule has 0 atom stereocenters. The number of amides is 1. The molecular formula is C18H23N2O4S2+. The molecule has 2 rings (SSSR count). The van der Waals surface area contributed by atoms with Gasteiger partial charge >= 0.3 is 5.97 Å². The summed E-state index contributed by atoms with van der Waals surface area (Å²) in [5.74, 6) is 0.255. The van der Waals surface area contributed by atoms with Crippen LogP contribution in [0.3, 0.4) is 0 Å².